The molecule has 42 heavy (non-hydrogen) atoms. The van der Waals surface area contributed by atoms with E-state index in [0.29, 0.717) is 31.6 Å². The van der Waals surface area contributed by atoms with Gasteiger partial charge in [0.25, 0.3) is 0 Å². The molecule has 0 bridgehead atoms. The summed E-state index contributed by atoms with van der Waals surface area (Å²) < 4.78 is 58.2. The van der Waals surface area contributed by atoms with E-state index in [0.717, 1.165) is 28.6 Å². The first-order chi connectivity index (χ1) is 20.1. The van der Waals surface area contributed by atoms with Crippen molar-refractivity contribution in [3.05, 3.63) is 102 Å². The van der Waals surface area contributed by atoms with Crippen molar-refractivity contribution in [3.8, 4) is 0 Å². The minimum atomic E-state index is -4.57. The Labute approximate surface area is 241 Å². The summed E-state index contributed by atoms with van der Waals surface area (Å²) in [6.07, 6.45) is -1.74. The maximum atomic E-state index is 13.7. The van der Waals surface area contributed by atoms with Crippen molar-refractivity contribution in [2.45, 2.75) is 25.6 Å². The molecule has 1 aromatic heterocycles. The van der Waals surface area contributed by atoms with Gasteiger partial charge in [0.05, 0.1) is 5.56 Å². The number of alkyl halides is 3. The number of para-hydroxylation sites is 1. The summed E-state index contributed by atoms with van der Waals surface area (Å²) in [5.41, 5.74) is 1.76. The molecule has 0 spiro atoms. The number of hydrogen-bond donors (Lipinski definition) is 2. The second kappa shape index (κ2) is 14.0. The van der Waals surface area contributed by atoms with Gasteiger partial charge in [0, 0.05) is 56.1 Å². The van der Waals surface area contributed by atoms with E-state index in [1.165, 1.54) is 36.3 Å². The van der Waals surface area contributed by atoms with Crippen LogP contribution in [0, 0.1) is 5.82 Å². The molecule has 0 radical (unpaired) electrons. The number of amides is 3. The van der Waals surface area contributed by atoms with Crippen LogP contribution in [0.2, 0.25) is 0 Å². The summed E-state index contributed by atoms with van der Waals surface area (Å²) in [6.45, 7) is 0.643. The Kier molecular flexibility index (Phi) is 10.2. The number of H-pyrrole nitrogens is 1. The SMILES string of the molecule is COCCCN(CC(=O)N(CCc1c[nH]c2ccccc12)Cc1ccc(F)cc1)C(=O)Nc1cccc(C(F)(F)F)c1. The van der Waals surface area contributed by atoms with Gasteiger partial charge in [-0.1, -0.05) is 36.4 Å². The maximum Gasteiger partial charge on any atom is 0.416 e. The lowest BCUT2D eigenvalue weighted by atomic mass is 10.1. The molecule has 0 saturated carbocycles. The third-order valence-electron chi connectivity index (χ3n) is 6.80. The summed E-state index contributed by atoms with van der Waals surface area (Å²) in [6, 6.07) is 17.2. The number of urea groups is 1. The second-order valence-corrected chi connectivity index (χ2v) is 9.83. The van der Waals surface area contributed by atoms with Crippen LogP contribution in [0.15, 0.2) is 79.0 Å². The van der Waals surface area contributed by atoms with Gasteiger partial charge >= 0.3 is 12.2 Å². The summed E-state index contributed by atoms with van der Waals surface area (Å²) in [7, 11) is 1.51. The van der Waals surface area contributed by atoms with Gasteiger partial charge in [-0.15, -0.1) is 0 Å². The van der Waals surface area contributed by atoms with Gasteiger partial charge in [0.1, 0.15) is 12.4 Å². The summed E-state index contributed by atoms with van der Waals surface area (Å²) in [5.74, 6) is -0.762. The standard InChI is InChI=1S/C31H32F4N4O3/c1-42-17-5-15-39(30(41)37-26-7-4-6-24(18-26)31(33,34)35)21-29(40)38(20-22-10-12-25(32)13-11-22)16-14-23-19-36-28-9-3-2-8-27(23)28/h2-4,6-13,18-19,36H,5,14-17,20-21H2,1H3,(H,37,41). The van der Waals surface area contributed by atoms with Gasteiger partial charge in [-0.25, -0.2) is 9.18 Å². The Morgan fingerprint density at radius 2 is 1.71 bits per heavy atom. The van der Waals surface area contributed by atoms with Crippen molar-refractivity contribution >= 4 is 28.5 Å². The average molecular weight is 585 g/mol. The van der Waals surface area contributed by atoms with Gasteiger partial charge in [0.15, 0.2) is 0 Å². The first-order valence-electron chi connectivity index (χ1n) is 13.4. The molecule has 0 aliphatic heterocycles. The van der Waals surface area contributed by atoms with Gasteiger partial charge in [0.2, 0.25) is 5.91 Å². The molecule has 3 amide bonds. The van der Waals surface area contributed by atoms with Crippen LogP contribution in [0.5, 0.6) is 0 Å². The Morgan fingerprint density at radius 3 is 2.45 bits per heavy atom. The smallest absolute Gasteiger partial charge is 0.385 e. The van der Waals surface area contributed by atoms with E-state index >= 15 is 0 Å². The van der Waals surface area contributed by atoms with Gasteiger partial charge in [-0.3, -0.25) is 4.79 Å². The van der Waals surface area contributed by atoms with E-state index in [2.05, 4.69) is 10.3 Å². The number of aromatic amines is 1. The molecule has 0 fully saturated rings. The summed E-state index contributed by atoms with van der Waals surface area (Å²) in [5, 5.41) is 3.52. The Morgan fingerprint density at radius 1 is 0.952 bits per heavy atom. The fraction of sp³-hybridized carbons (Fsp3) is 0.290. The molecule has 222 valence electrons. The highest BCUT2D eigenvalue weighted by atomic mass is 19.4. The zero-order chi connectivity index (χ0) is 30.1. The van der Waals surface area contributed by atoms with Crippen molar-refractivity contribution in [2.75, 3.05) is 38.7 Å². The number of aromatic nitrogens is 1. The van der Waals surface area contributed by atoms with Gasteiger partial charge < -0.3 is 24.8 Å². The van der Waals surface area contributed by atoms with Crippen LogP contribution in [-0.4, -0.2) is 60.1 Å². The number of anilines is 1. The molecule has 3 aromatic carbocycles. The number of benzene rings is 3. The molecule has 2 N–H and O–H groups in total. The zero-order valence-electron chi connectivity index (χ0n) is 23.1. The Bertz CT molecular complexity index is 1490. The number of ether oxygens (including phenoxy) is 1. The molecular formula is C31H32F4N4O3. The number of nitrogens with one attached hydrogen (secondary N) is 2. The highest BCUT2D eigenvalue weighted by Gasteiger charge is 2.31. The lowest BCUT2D eigenvalue weighted by molar-refractivity contribution is -0.137. The highest BCUT2D eigenvalue weighted by molar-refractivity contribution is 5.92. The molecule has 11 heteroatoms. The maximum absolute atomic E-state index is 13.7. The van der Waals surface area contributed by atoms with Crippen LogP contribution in [0.3, 0.4) is 0 Å². The van der Waals surface area contributed by atoms with Crippen LogP contribution >= 0.6 is 0 Å². The number of carbonyl (C=O) groups is 2. The Balaban J connectivity index is 1.52. The largest absolute Gasteiger partial charge is 0.416 e. The van der Waals surface area contributed by atoms with Crippen molar-refractivity contribution in [1.82, 2.24) is 14.8 Å². The zero-order valence-corrected chi connectivity index (χ0v) is 23.1. The quantitative estimate of drug-likeness (QED) is 0.148. The molecular weight excluding hydrogens is 552 g/mol. The van der Waals surface area contributed by atoms with Crippen molar-refractivity contribution in [2.24, 2.45) is 0 Å². The molecule has 0 unspecified atom stereocenters. The molecule has 0 aliphatic rings. The number of methoxy groups -OCH3 is 1. The fourth-order valence-corrected chi connectivity index (χ4v) is 4.59. The lowest BCUT2D eigenvalue weighted by Gasteiger charge is -2.28. The molecule has 1 heterocycles. The normalized spacial score (nSPS) is 11.5. The third kappa shape index (κ3) is 8.32. The topological polar surface area (TPSA) is 77.7 Å². The van der Waals surface area contributed by atoms with E-state index < -0.39 is 23.6 Å². The molecule has 0 atom stereocenters. The molecule has 4 aromatic rings. The van der Waals surface area contributed by atoms with E-state index in [1.807, 2.05) is 30.5 Å². The van der Waals surface area contributed by atoms with Gasteiger partial charge in [-0.05, 0) is 60.4 Å². The first kappa shape index (κ1) is 30.6. The van der Waals surface area contributed by atoms with Crippen LogP contribution in [0.4, 0.5) is 28.0 Å². The van der Waals surface area contributed by atoms with E-state index in [9.17, 15) is 27.2 Å². The fourth-order valence-electron chi connectivity index (χ4n) is 4.59. The number of hydrogen-bond acceptors (Lipinski definition) is 3. The number of rotatable bonds is 12. The third-order valence-corrected chi connectivity index (χ3v) is 6.80. The second-order valence-electron chi connectivity index (χ2n) is 9.83. The van der Waals surface area contributed by atoms with Crippen LogP contribution in [0.25, 0.3) is 10.9 Å². The number of nitrogens with zero attached hydrogens (tertiary/aromatic N) is 2. The lowest BCUT2D eigenvalue weighted by Crippen LogP contribution is -2.45. The predicted molar refractivity (Wildman–Crippen MR) is 152 cm³/mol. The first-order valence-corrected chi connectivity index (χ1v) is 13.4. The Hall–Kier alpha value is -4.38. The van der Waals surface area contributed by atoms with Crippen molar-refractivity contribution in [1.29, 1.82) is 0 Å². The molecule has 7 nitrogen and oxygen atoms in total. The van der Waals surface area contributed by atoms with E-state index in [1.54, 1.807) is 17.0 Å². The minimum Gasteiger partial charge on any atom is -0.385 e. The van der Waals surface area contributed by atoms with E-state index in [-0.39, 0.29) is 31.2 Å². The summed E-state index contributed by atoms with van der Waals surface area (Å²) in [4.78, 5) is 32.9. The van der Waals surface area contributed by atoms with Crippen molar-refractivity contribution in [3.63, 3.8) is 0 Å². The minimum absolute atomic E-state index is 0.0403. The monoisotopic (exact) mass is 584 g/mol. The van der Waals surface area contributed by atoms with Crippen LogP contribution < -0.4 is 5.32 Å². The molecule has 0 aliphatic carbocycles. The van der Waals surface area contributed by atoms with Crippen LogP contribution in [0.1, 0.15) is 23.1 Å². The highest BCUT2D eigenvalue weighted by Crippen LogP contribution is 2.30. The van der Waals surface area contributed by atoms with Gasteiger partial charge in [-0.2, -0.15) is 13.2 Å². The van der Waals surface area contributed by atoms with Crippen molar-refractivity contribution < 1.29 is 31.9 Å². The number of fused-ring (bicyclic) bond motifs is 1. The number of carbonyl (C=O) groups excluding carboxylic acids is 2. The van der Waals surface area contributed by atoms with Crippen LogP contribution in [-0.2, 0) is 28.7 Å². The average Bonchev–Trinajstić information content (AvgIpc) is 3.38. The molecule has 4 rings (SSSR count). The predicted octanol–water partition coefficient (Wildman–Crippen LogP) is 6.47. The van der Waals surface area contributed by atoms with E-state index in [4.69, 9.17) is 4.74 Å². The number of halogens is 4. The molecule has 0 saturated heterocycles. The summed E-state index contributed by atoms with van der Waals surface area (Å²) >= 11 is 0.